The molecule has 6 heteroatoms. The second-order valence-electron chi connectivity index (χ2n) is 4.36. The molecular weight excluding hydrogens is 322 g/mol. The topological polar surface area (TPSA) is 70.1 Å². The van der Waals surface area contributed by atoms with Crippen molar-refractivity contribution < 1.29 is 9.53 Å². The first-order valence-electron chi connectivity index (χ1n) is 6.27. The van der Waals surface area contributed by atoms with E-state index in [1.807, 2.05) is 18.5 Å². The number of nitrogen functional groups attached to an aromatic ring is 1. The molecule has 0 aliphatic heterocycles. The summed E-state index contributed by atoms with van der Waals surface area (Å²) in [5, 5.41) is 4.35. The Balaban J connectivity index is 2.11. The molecular formula is C14H16BrN3O2. The molecule has 0 unspecified atom stereocenters. The van der Waals surface area contributed by atoms with Crippen molar-refractivity contribution >= 4 is 27.6 Å². The first kappa shape index (κ1) is 14.6. The van der Waals surface area contributed by atoms with Crippen LogP contribution >= 0.6 is 15.9 Å². The van der Waals surface area contributed by atoms with Crippen LogP contribution in [0.2, 0.25) is 0 Å². The van der Waals surface area contributed by atoms with Crippen molar-refractivity contribution in [1.29, 1.82) is 0 Å². The number of nitrogens with zero attached hydrogens (tertiary/aromatic N) is 2. The Kier molecular flexibility index (Phi) is 4.44. The second kappa shape index (κ2) is 6.09. The summed E-state index contributed by atoms with van der Waals surface area (Å²) in [5.41, 5.74) is 8.36. The number of rotatable bonds is 4. The maximum absolute atomic E-state index is 12.0. The molecule has 0 radical (unpaired) electrons. The molecule has 0 spiro atoms. The van der Waals surface area contributed by atoms with Crippen LogP contribution in [-0.2, 0) is 17.9 Å². The normalized spacial score (nSPS) is 10.6. The molecule has 0 atom stereocenters. The SMILES string of the molecule is CCn1nc(C)c(Br)c1COC(=O)c1cccc(N)c1. The number of carbonyl (C=O) groups excluding carboxylic acids is 1. The monoisotopic (exact) mass is 337 g/mol. The molecule has 106 valence electrons. The molecule has 2 rings (SSSR count). The smallest absolute Gasteiger partial charge is 0.338 e. The summed E-state index contributed by atoms with van der Waals surface area (Å²) in [6, 6.07) is 6.72. The third-order valence-corrected chi connectivity index (χ3v) is 3.95. The number of carbonyl (C=O) groups is 1. The van der Waals surface area contributed by atoms with Gasteiger partial charge in [-0.3, -0.25) is 4.68 Å². The van der Waals surface area contributed by atoms with Gasteiger partial charge in [-0.15, -0.1) is 0 Å². The van der Waals surface area contributed by atoms with Crippen LogP contribution in [0.3, 0.4) is 0 Å². The van der Waals surface area contributed by atoms with Gasteiger partial charge in [-0.05, 0) is 48.0 Å². The van der Waals surface area contributed by atoms with E-state index < -0.39 is 5.97 Å². The molecule has 0 aliphatic rings. The van der Waals surface area contributed by atoms with Gasteiger partial charge in [0.1, 0.15) is 6.61 Å². The van der Waals surface area contributed by atoms with E-state index in [2.05, 4.69) is 21.0 Å². The number of anilines is 1. The van der Waals surface area contributed by atoms with Crippen LogP contribution in [0.15, 0.2) is 28.7 Å². The summed E-state index contributed by atoms with van der Waals surface area (Å²) in [6.07, 6.45) is 0. The lowest BCUT2D eigenvalue weighted by atomic mass is 10.2. The molecule has 2 N–H and O–H groups in total. The molecule has 20 heavy (non-hydrogen) atoms. The molecule has 0 saturated heterocycles. The van der Waals surface area contributed by atoms with Gasteiger partial charge in [-0.1, -0.05) is 6.07 Å². The molecule has 0 saturated carbocycles. The number of aryl methyl sites for hydroxylation is 2. The summed E-state index contributed by atoms with van der Waals surface area (Å²) < 4.78 is 8.01. The average molecular weight is 338 g/mol. The van der Waals surface area contributed by atoms with Crippen molar-refractivity contribution in [1.82, 2.24) is 9.78 Å². The lowest BCUT2D eigenvalue weighted by Gasteiger charge is -2.07. The van der Waals surface area contributed by atoms with Crippen molar-refractivity contribution in [2.24, 2.45) is 0 Å². The van der Waals surface area contributed by atoms with Crippen LogP contribution in [0, 0.1) is 6.92 Å². The minimum atomic E-state index is -0.397. The number of nitrogens with two attached hydrogens (primary N) is 1. The number of benzene rings is 1. The first-order valence-corrected chi connectivity index (χ1v) is 7.06. The van der Waals surface area contributed by atoms with Gasteiger partial charge in [0.05, 0.1) is 21.4 Å². The molecule has 1 aromatic carbocycles. The molecule has 0 amide bonds. The fourth-order valence-electron chi connectivity index (χ4n) is 1.89. The van der Waals surface area contributed by atoms with Crippen LogP contribution in [0.4, 0.5) is 5.69 Å². The van der Waals surface area contributed by atoms with E-state index in [4.69, 9.17) is 10.5 Å². The standard InChI is InChI=1S/C14H16BrN3O2/c1-3-18-12(13(15)9(2)17-18)8-20-14(19)10-5-4-6-11(16)7-10/h4-7H,3,8,16H2,1-2H3. The van der Waals surface area contributed by atoms with Gasteiger partial charge in [0.15, 0.2) is 0 Å². The van der Waals surface area contributed by atoms with Gasteiger partial charge in [0.2, 0.25) is 0 Å². The minimum absolute atomic E-state index is 0.170. The average Bonchev–Trinajstić information content (AvgIpc) is 2.71. The lowest BCUT2D eigenvalue weighted by Crippen LogP contribution is -2.10. The highest BCUT2D eigenvalue weighted by Crippen LogP contribution is 2.22. The highest BCUT2D eigenvalue weighted by molar-refractivity contribution is 9.10. The van der Waals surface area contributed by atoms with Crippen LogP contribution < -0.4 is 5.73 Å². The maximum Gasteiger partial charge on any atom is 0.338 e. The van der Waals surface area contributed by atoms with E-state index in [1.54, 1.807) is 24.3 Å². The first-order chi connectivity index (χ1) is 9.52. The zero-order valence-corrected chi connectivity index (χ0v) is 13.0. The van der Waals surface area contributed by atoms with E-state index in [1.165, 1.54) is 0 Å². The predicted molar refractivity (Wildman–Crippen MR) is 80.3 cm³/mol. The maximum atomic E-state index is 12.0. The van der Waals surface area contributed by atoms with E-state index in [-0.39, 0.29) is 6.61 Å². The van der Waals surface area contributed by atoms with Gasteiger partial charge >= 0.3 is 5.97 Å². The van der Waals surface area contributed by atoms with Crippen LogP contribution in [0.25, 0.3) is 0 Å². The van der Waals surface area contributed by atoms with E-state index in [0.29, 0.717) is 11.3 Å². The molecule has 2 aromatic rings. The van der Waals surface area contributed by atoms with E-state index in [9.17, 15) is 4.79 Å². The molecule has 0 fully saturated rings. The Morgan fingerprint density at radius 1 is 1.50 bits per heavy atom. The largest absolute Gasteiger partial charge is 0.456 e. The Labute approximate surface area is 125 Å². The summed E-state index contributed by atoms with van der Waals surface area (Å²) in [4.78, 5) is 12.0. The predicted octanol–water partition coefficient (Wildman–Crippen LogP) is 2.91. The highest BCUT2D eigenvalue weighted by Gasteiger charge is 2.15. The fourth-order valence-corrected chi connectivity index (χ4v) is 2.29. The summed E-state index contributed by atoms with van der Waals surface area (Å²) in [6.45, 7) is 4.78. The minimum Gasteiger partial charge on any atom is -0.456 e. The Morgan fingerprint density at radius 2 is 2.25 bits per heavy atom. The van der Waals surface area contributed by atoms with Gasteiger partial charge in [0, 0.05) is 12.2 Å². The number of hydrogen-bond donors (Lipinski definition) is 1. The summed E-state index contributed by atoms with van der Waals surface area (Å²) in [5.74, 6) is -0.397. The molecule has 1 heterocycles. The van der Waals surface area contributed by atoms with Crippen molar-refractivity contribution in [3.05, 3.63) is 45.7 Å². The number of hydrogen-bond acceptors (Lipinski definition) is 4. The van der Waals surface area contributed by atoms with Gasteiger partial charge in [0.25, 0.3) is 0 Å². The van der Waals surface area contributed by atoms with Gasteiger partial charge in [-0.25, -0.2) is 4.79 Å². The molecule has 0 aliphatic carbocycles. The zero-order chi connectivity index (χ0) is 14.7. The molecule has 5 nitrogen and oxygen atoms in total. The molecule has 1 aromatic heterocycles. The Morgan fingerprint density at radius 3 is 2.90 bits per heavy atom. The van der Waals surface area contributed by atoms with E-state index in [0.717, 1.165) is 22.4 Å². The zero-order valence-electron chi connectivity index (χ0n) is 11.4. The van der Waals surface area contributed by atoms with Crippen molar-refractivity contribution in [2.45, 2.75) is 27.0 Å². The van der Waals surface area contributed by atoms with Crippen molar-refractivity contribution in [3.8, 4) is 0 Å². The van der Waals surface area contributed by atoms with Crippen LogP contribution in [0.5, 0.6) is 0 Å². The van der Waals surface area contributed by atoms with Crippen LogP contribution in [0.1, 0.15) is 28.7 Å². The quantitative estimate of drug-likeness (QED) is 0.687. The van der Waals surface area contributed by atoms with Gasteiger partial charge in [-0.2, -0.15) is 5.10 Å². The number of halogens is 1. The number of ether oxygens (including phenoxy) is 1. The van der Waals surface area contributed by atoms with Crippen molar-refractivity contribution in [3.63, 3.8) is 0 Å². The highest BCUT2D eigenvalue weighted by atomic mass is 79.9. The van der Waals surface area contributed by atoms with E-state index >= 15 is 0 Å². The third kappa shape index (κ3) is 3.01. The number of esters is 1. The van der Waals surface area contributed by atoms with Crippen molar-refractivity contribution in [2.75, 3.05) is 5.73 Å². The summed E-state index contributed by atoms with van der Waals surface area (Å²) in [7, 11) is 0. The van der Waals surface area contributed by atoms with Crippen LogP contribution in [-0.4, -0.2) is 15.7 Å². The Hall–Kier alpha value is -1.82. The Bertz CT molecular complexity index is 637. The fraction of sp³-hybridized carbons (Fsp3) is 0.286. The molecule has 0 bridgehead atoms. The number of aromatic nitrogens is 2. The summed E-state index contributed by atoms with van der Waals surface area (Å²) >= 11 is 3.47. The second-order valence-corrected chi connectivity index (χ2v) is 5.16. The third-order valence-electron chi connectivity index (χ3n) is 2.92. The lowest BCUT2D eigenvalue weighted by molar-refractivity contribution is 0.0461. The van der Waals surface area contributed by atoms with Gasteiger partial charge < -0.3 is 10.5 Å².